The van der Waals surface area contributed by atoms with Crippen molar-refractivity contribution >= 4 is 5.82 Å². The number of anilines is 1. The third-order valence-electron chi connectivity index (χ3n) is 3.13. The first-order valence-corrected chi connectivity index (χ1v) is 5.85. The molecular formula is C12H15N5. The lowest BCUT2D eigenvalue weighted by atomic mass is 10.3. The maximum Gasteiger partial charge on any atom is 0.147 e. The van der Waals surface area contributed by atoms with E-state index >= 15 is 0 Å². The first-order valence-electron chi connectivity index (χ1n) is 5.85. The lowest BCUT2D eigenvalue weighted by Gasteiger charge is -2.17. The van der Waals surface area contributed by atoms with Gasteiger partial charge in [-0.15, -0.1) is 0 Å². The topological polar surface area (TPSA) is 46.8 Å². The molecule has 2 aromatic rings. The number of aryl methyl sites for hydroxylation is 1. The van der Waals surface area contributed by atoms with Crippen molar-refractivity contribution in [2.24, 2.45) is 0 Å². The predicted octanol–water partition coefficient (Wildman–Crippen LogP) is 1.43. The molecule has 0 amide bonds. The normalized spacial score (nSPS) is 19.8. The summed E-state index contributed by atoms with van der Waals surface area (Å²) in [5, 5.41) is 4.30. The van der Waals surface area contributed by atoms with Crippen LogP contribution in [0.5, 0.6) is 0 Å². The Hall–Kier alpha value is -1.91. The lowest BCUT2D eigenvalue weighted by Crippen LogP contribution is -2.22. The summed E-state index contributed by atoms with van der Waals surface area (Å²) in [5.41, 5.74) is 0.963. The van der Waals surface area contributed by atoms with Gasteiger partial charge in [-0.3, -0.25) is 9.67 Å². The van der Waals surface area contributed by atoms with Crippen molar-refractivity contribution < 1.29 is 0 Å². The van der Waals surface area contributed by atoms with Gasteiger partial charge in [0, 0.05) is 31.7 Å². The predicted molar refractivity (Wildman–Crippen MR) is 64.9 cm³/mol. The number of hydrogen-bond donors (Lipinski definition) is 0. The molecule has 0 N–H and O–H groups in total. The van der Waals surface area contributed by atoms with E-state index in [9.17, 15) is 0 Å². The summed E-state index contributed by atoms with van der Waals surface area (Å²) in [7, 11) is 0. The maximum absolute atomic E-state index is 4.50. The highest BCUT2D eigenvalue weighted by atomic mass is 15.3. The third-order valence-corrected chi connectivity index (χ3v) is 3.13. The van der Waals surface area contributed by atoms with Crippen LogP contribution in [-0.2, 0) is 0 Å². The Labute approximate surface area is 100 Å². The average Bonchev–Trinajstić information content (AvgIpc) is 3.00. The molecule has 3 rings (SSSR count). The van der Waals surface area contributed by atoms with E-state index in [0.29, 0.717) is 6.04 Å². The molecule has 0 radical (unpaired) electrons. The van der Waals surface area contributed by atoms with Gasteiger partial charge in [0.05, 0.1) is 17.9 Å². The van der Waals surface area contributed by atoms with Crippen molar-refractivity contribution in [3.63, 3.8) is 0 Å². The fourth-order valence-corrected chi connectivity index (χ4v) is 2.27. The van der Waals surface area contributed by atoms with Crippen molar-refractivity contribution in [3.05, 3.63) is 36.5 Å². The fraction of sp³-hybridized carbons (Fsp3) is 0.417. The van der Waals surface area contributed by atoms with Gasteiger partial charge in [-0.2, -0.15) is 5.10 Å². The maximum atomic E-state index is 4.50. The molecule has 3 heterocycles. The molecule has 0 spiro atoms. The van der Waals surface area contributed by atoms with Gasteiger partial charge in [-0.25, -0.2) is 4.98 Å². The van der Waals surface area contributed by atoms with E-state index in [-0.39, 0.29) is 0 Å². The number of hydrogen-bond acceptors (Lipinski definition) is 4. The molecule has 5 nitrogen and oxygen atoms in total. The van der Waals surface area contributed by atoms with Crippen LogP contribution in [0.25, 0.3) is 0 Å². The van der Waals surface area contributed by atoms with Crippen LogP contribution in [0.1, 0.15) is 18.2 Å². The Morgan fingerprint density at radius 3 is 3.06 bits per heavy atom. The highest BCUT2D eigenvalue weighted by Gasteiger charge is 2.25. The molecule has 0 aliphatic carbocycles. The Balaban J connectivity index is 1.76. The van der Waals surface area contributed by atoms with Gasteiger partial charge in [0.15, 0.2) is 0 Å². The average molecular weight is 229 g/mol. The summed E-state index contributed by atoms with van der Waals surface area (Å²) >= 11 is 0. The Bertz CT molecular complexity index is 493. The Kier molecular flexibility index (Phi) is 2.51. The second-order valence-corrected chi connectivity index (χ2v) is 4.39. The van der Waals surface area contributed by atoms with Gasteiger partial charge in [0.25, 0.3) is 0 Å². The molecule has 0 aromatic carbocycles. The van der Waals surface area contributed by atoms with Gasteiger partial charge in [-0.1, -0.05) is 0 Å². The highest BCUT2D eigenvalue weighted by molar-refractivity contribution is 5.37. The molecule has 0 saturated carbocycles. The first kappa shape index (κ1) is 10.3. The molecule has 1 aliphatic rings. The minimum absolute atomic E-state index is 0.451. The number of rotatable bonds is 2. The largest absolute Gasteiger partial charge is 0.353 e. The summed E-state index contributed by atoms with van der Waals surface area (Å²) in [5.74, 6) is 0.972. The van der Waals surface area contributed by atoms with Crippen LogP contribution in [0.2, 0.25) is 0 Å². The van der Waals surface area contributed by atoms with E-state index in [1.54, 1.807) is 6.20 Å². The molecule has 1 aliphatic heterocycles. The van der Waals surface area contributed by atoms with Crippen molar-refractivity contribution in [2.45, 2.75) is 19.4 Å². The van der Waals surface area contributed by atoms with Crippen molar-refractivity contribution in [3.8, 4) is 0 Å². The highest BCUT2D eigenvalue weighted by Crippen LogP contribution is 2.24. The quantitative estimate of drug-likeness (QED) is 0.781. The summed E-state index contributed by atoms with van der Waals surface area (Å²) in [6.07, 6.45) is 8.57. The van der Waals surface area contributed by atoms with Crippen LogP contribution < -0.4 is 4.90 Å². The summed E-state index contributed by atoms with van der Waals surface area (Å²) in [6, 6.07) is 2.42. The third kappa shape index (κ3) is 2.00. The number of nitrogens with zero attached hydrogens (tertiary/aromatic N) is 5. The zero-order valence-electron chi connectivity index (χ0n) is 9.82. The van der Waals surface area contributed by atoms with E-state index in [1.165, 1.54) is 0 Å². The van der Waals surface area contributed by atoms with Crippen LogP contribution in [-0.4, -0.2) is 32.8 Å². The van der Waals surface area contributed by atoms with E-state index in [4.69, 9.17) is 0 Å². The van der Waals surface area contributed by atoms with Crippen LogP contribution in [0.15, 0.2) is 30.9 Å². The number of aromatic nitrogens is 4. The van der Waals surface area contributed by atoms with Crippen LogP contribution >= 0.6 is 0 Å². The van der Waals surface area contributed by atoms with E-state index in [0.717, 1.165) is 31.0 Å². The Morgan fingerprint density at radius 2 is 2.29 bits per heavy atom. The molecule has 5 heteroatoms. The van der Waals surface area contributed by atoms with Crippen molar-refractivity contribution in [2.75, 3.05) is 18.0 Å². The second-order valence-electron chi connectivity index (χ2n) is 4.39. The fourth-order valence-electron chi connectivity index (χ4n) is 2.27. The van der Waals surface area contributed by atoms with Gasteiger partial charge in [-0.05, 0) is 19.4 Å². The monoisotopic (exact) mass is 229 g/mol. The van der Waals surface area contributed by atoms with E-state index in [1.807, 2.05) is 36.3 Å². The SMILES string of the molecule is Cc1cncc(N2CCC(n3cccn3)C2)n1. The molecular weight excluding hydrogens is 214 g/mol. The second kappa shape index (κ2) is 4.16. The van der Waals surface area contributed by atoms with Gasteiger partial charge in [0.2, 0.25) is 0 Å². The molecule has 2 aromatic heterocycles. The van der Waals surface area contributed by atoms with Crippen LogP contribution in [0, 0.1) is 6.92 Å². The minimum Gasteiger partial charge on any atom is -0.353 e. The zero-order valence-corrected chi connectivity index (χ0v) is 9.82. The van der Waals surface area contributed by atoms with Crippen LogP contribution in [0.3, 0.4) is 0 Å². The van der Waals surface area contributed by atoms with Crippen molar-refractivity contribution in [1.82, 2.24) is 19.7 Å². The summed E-state index contributed by atoms with van der Waals surface area (Å²) in [4.78, 5) is 11.0. The molecule has 1 saturated heterocycles. The molecule has 1 fully saturated rings. The molecule has 88 valence electrons. The minimum atomic E-state index is 0.451. The van der Waals surface area contributed by atoms with Crippen LogP contribution in [0.4, 0.5) is 5.82 Å². The lowest BCUT2D eigenvalue weighted by molar-refractivity contribution is 0.494. The molecule has 0 bridgehead atoms. The molecule has 17 heavy (non-hydrogen) atoms. The zero-order chi connectivity index (χ0) is 11.7. The van der Waals surface area contributed by atoms with Crippen molar-refractivity contribution in [1.29, 1.82) is 0 Å². The van der Waals surface area contributed by atoms with E-state index < -0.39 is 0 Å². The molecule has 1 unspecified atom stereocenters. The summed E-state index contributed by atoms with van der Waals surface area (Å²) in [6.45, 7) is 3.94. The summed E-state index contributed by atoms with van der Waals surface area (Å²) < 4.78 is 2.03. The standard InChI is InChI=1S/C12H15N5/c1-10-7-13-8-12(15-10)16-6-3-11(9-16)17-5-2-4-14-17/h2,4-5,7-8,11H,3,6,9H2,1H3. The molecule has 1 atom stereocenters. The Morgan fingerprint density at radius 1 is 1.35 bits per heavy atom. The first-order chi connectivity index (χ1) is 8.33. The smallest absolute Gasteiger partial charge is 0.147 e. The van der Waals surface area contributed by atoms with E-state index in [2.05, 4.69) is 20.0 Å². The van der Waals surface area contributed by atoms with Gasteiger partial charge in [0.1, 0.15) is 5.82 Å². The van der Waals surface area contributed by atoms with Gasteiger partial charge < -0.3 is 4.90 Å². The van der Waals surface area contributed by atoms with Gasteiger partial charge >= 0.3 is 0 Å².